The summed E-state index contributed by atoms with van der Waals surface area (Å²) in [6.07, 6.45) is 4.98. The van der Waals surface area contributed by atoms with Crippen LogP contribution in [0.4, 0.5) is 0 Å². The summed E-state index contributed by atoms with van der Waals surface area (Å²) >= 11 is 3.38. The summed E-state index contributed by atoms with van der Waals surface area (Å²) < 4.78 is 5.32. The molecule has 1 saturated heterocycles. The first-order chi connectivity index (χ1) is 4.38. The SMILES string of the molecule is CCCC[C@@H]1O[C@@H]1CBr. The van der Waals surface area contributed by atoms with Crippen molar-refractivity contribution >= 4 is 15.9 Å². The van der Waals surface area contributed by atoms with Crippen molar-refractivity contribution in [2.45, 2.75) is 38.4 Å². The van der Waals surface area contributed by atoms with E-state index in [1.165, 1.54) is 19.3 Å². The van der Waals surface area contributed by atoms with E-state index in [4.69, 9.17) is 4.74 Å². The number of halogens is 1. The highest BCUT2D eigenvalue weighted by molar-refractivity contribution is 9.09. The van der Waals surface area contributed by atoms with Crippen molar-refractivity contribution in [3.8, 4) is 0 Å². The predicted octanol–water partition coefficient (Wildman–Crippen LogP) is 2.34. The Morgan fingerprint density at radius 1 is 1.44 bits per heavy atom. The molecule has 1 aliphatic rings. The molecule has 1 rings (SSSR count). The van der Waals surface area contributed by atoms with Crippen LogP contribution in [0.3, 0.4) is 0 Å². The van der Waals surface area contributed by atoms with Crippen LogP contribution < -0.4 is 0 Å². The first-order valence-electron chi connectivity index (χ1n) is 3.60. The second kappa shape index (κ2) is 3.57. The highest BCUT2D eigenvalue weighted by Gasteiger charge is 2.36. The van der Waals surface area contributed by atoms with Gasteiger partial charge in [0.25, 0.3) is 0 Å². The fourth-order valence-electron chi connectivity index (χ4n) is 0.974. The van der Waals surface area contributed by atoms with Gasteiger partial charge in [-0.25, -0.2) is 0 Å². The van der Waals surface area contributed by atoms with Crippen molar-refractivity contribution in [1.29, 1.82) is 0 Å². The molecule has 0 bridgehead atoms. The van der Waals surface area contributed by atoms with Gasteiger partial charge in [-0.15, -0.1) is 0 Å². The van der Waals surface area contributed by atoms with Crippen molar-refractivity contribution in [3.05, 3.63) is 0 Å². The fourth-order valence-corrected chi connectivity index (χ4v) is 1.54. The summed E-state index contributed by atoms with van der Waals surface area (Å²) in [5, 5.41) is 1.02. The Hall–Kier alpha value is 0.440. The minimum Gasteiger partial charge on any atom is -0.369 e. The van der Waals surface area contributed by atoms with Crippen molar-refractivity contribution in [1.82, 2.24) is 0 Å². The van der Waals surface area contributed by atoms with Gasteiger partial charge in [0.15, 0.2) is 0 Å². The Morgan fingerprint density at radius 2 is 2.22 bits per heavy atom. The largest absolute Gasteiger partial charge is 0.369 e. The molecule has 0 N–H and O–H groups in total. The highest BCUT2D eigenvalue weighted by Crippen LogP contribution is 2.28. The van der Waals surface area contributed by atoms with Crippen LogP contribution in [0.1, 0.15) is 26.2 Å². The highest BCUT2D eigenvalue weighted by atomic mass is 79.9. The summed E-state index contributed by atoms with van der Waals surface area (Å²) in [4.78, 5) is 0. The number of alkyl halides is 1. The molecule has 0 aromatic heterocycles. The Labute approximate surface area is 64.9 Å². The van der Waals surface area contributed by atoms with Gasteiger partial charge in [-0.05, 0) is 6.42 Å². The maximum absolute atomic E-state index is 5.32. The lowest BCUT2D eigenvalue weighted by Crippen LogP contribution is -1.93. The van der Waals surface area contributed by atoms with Crippen molar-refractivity contribution in [2.75, 3.05) is 5.33 Å². The zero-order valence-corrected chi connectivity index (χ0v) is 7.36. The Morgan fingerprint density at radius 3 is 2.67 bits per heavy atom. The van der Waals surface area contributed by atoms with Crippen LogP contribution in [0.15, 0.2) is 0 Å². The minimum atomic E-state index is 0.538. The fraction of sp³-hybridized carbons (Fsp3) is 1.00. The molecular formula is C7H13BrO. The monoisotopic (exact) mass is 192 g/mol. The van der Waals surface area contributed by atoms with E-state index in [-0.39, 0.29) is 0 Å². The molecule has 0 radical (unpaired) electrons. The maximum atomic E-state index is 5.32. The molecule has 1 aliphatic heterocycles. The molecule has 0 spiro atoms. The van der Waals surface area contributed by atoms with Crippen LogP contribution in [-0.2, 0) is 4.74 Å². The summed E-state index contributed by atoms with van der Waals surface area (Å²) in [5.74, 6) is 0. The first kappa shape index (κ1) is 7.55. The van der Waals surface area contributed by atoms with Gasteiger partial charge in [0.1, 0.15) is 0 Å². The molecule has 2 heteroatoms. The van der Waals surface area contributed by atoms with E-state index in [0.29, 0.717) is 12.2 Å². The van der Waals surface area contributed by atoms with Gasteiger partial charge in [0.2, 0.25) is 0 Å². The third-order valence-corrected chi connectivity index (χ3v) is 2.32. The van der Waals surface area contributed by atoms with Crippen LogP contribution in [-0.4, -0.2) is 17.5 Å². The van der Waals surface area contributed by atoms with Gasteiger partial charge in [-0.2, -0.15) is 0 Å². The molecule has 0 saturated carbocycles. The number of hydrogen-bond acceptors (Lipinski definition) is 1. The maximum Gasteiger partial charge on any atom is 0.0938 e. The third kappa shape index (κ3) is 2.26. The zero-order chi connectivity index (χ0) is 6.69. The number of epoxide rings is 1. The summed E-state index contributed by atoms with van der Waals surface area (Å²) in [5.41, 5.74) is 0. The van der Waals surface area contributed by atoms with E-state index >= 15 is 0 Å². The lowest BCUT2D eigenvalue weighted by atomic mass is 10.2. The normalized spacial score (nSPS) is 32.7. The average Bonchev–Trinajstić information content (AvgIpc) is 2.62. The van der Waals surface area contributed by atoms with Crippen LogP contribution in [0.5, 0.6) is 0 Å². The van der Waals surface area contributed by atoms with Gasteiger partial charge < -0.3 is 4.74 Å². The summed E-state index contributed by atoms with van der Waals surface area (Å²) in [6, 6.07) is 0. The Balaban J connectivity index is 1.92. The first-order valence-corrected chi connectivity index (χ1v) is 4.72. The van der Waals surface area contributed by atoms with E-state index in [0.717, 1.165) is 5.33 Å². The molecule has 1 nitrogen and oxygen atoms in total. The van der Waals surface area contributed by atoms with Crippen LogP contribution in [0, 0.1) is 0 Å². The summed E-state index contributed by atoms with van der Waals surface area (Å²) in [7, 11) is 0. The van der Waals surface area contributed by atoms with Crippen LogP contribution in [0.25, 0.3) is 0 Å². The van der Waals surface area contributed by atoms with E-state index in [1.54, 1.807) is 0 Å². The number of hydrogen-bond donors (Lipinski definition) is 0. The van der Waals surface area contributed by atoms with Gasteiger partial charge in [-0.1, -0.05) is 35.7 Å². The molecule has 0 aromatic rings. The van der Waals surface area contributed by atoms with E-state index < -0.39 is 0 Å². The molecule has 2 atom stereocenters. The van der Waals surface area contributed by atoms with Gasteiger partial charge in [-0.3, -0.25) is 0 Å². The van der Waals surface area contributed by atoms with Crippen molar-refractivity contribution < 1.29 is 4.74 Å². The molecular weight excluding hydrogens is 180 g/mol. The van der Waals surface area contributed by atoms with E-state index in [2.05, 4.69) is 22.9 Å². The number of unbranched alkanes of at least 4 members (excludes halogenated alkanes) is 1. The molecule has 1 heterocycles. The zero-order valence-electron chi connectivity index (χ0n) is 5.77. The van der Waals surface area contributed by atoms with Gasteiger partial charge in [0, 0.05) is 5.33 Å². The van der Waals surface area contributed by atoms with E-state index in [9.17, 15) is 0 Å². The van der Waals surface area contributed by atoms with Crippen molar-refractivity contribution in [2.24, 2.45) is 0 Å². The third-order valence-electron chi connectivity index (χ3n) is 1.68. The topological polar surface area (TPSA) is 12.5 Å². The van der Waals surface area contributed by atoms with E-state index in [1.807, 2.05) is 0 Å². The smallest absolute Gasteiger partial charge is 0.0938 e. The average molecular weight is 193 g/mol. The molecule has 0 aromatic carbocycles. The Kier molecular flexibility index (Phi) is 2.99. The lowest BCUT2D eigenvalue weighted by Gasteiger charge is -1.88. The minimum absolute atomic E-state index is 0.538. The van der Waals surface area contributed by atoms with Crippen molar-refractivity contribution in [3.63, 3.8) is 0 Å². The molecule has 0 aliphatic carbocycles. The molecule has 1 fully saturated rings. The number of ether oxygens (including phenoxy) is 1. The lowest BCUT2D eigenvalue weighted by molar-refractivity contribution is 0.368. The second-order valence-electron chi connectivity index (χ2n) is 2.51. The molecule has 54 valence electrons. The van der Waals surface area contributed by atoms with Gasteiger partial charge in [0.05, 0.1) is 12.2 Å². The molecule has 9 heavy (non-hydrogen) atoms. The Bertz CT molecular complexity index is 85.0. The van der Waals surface area contributed by atoms with Crippen LogP contribution >= 0.6 is 15.9 Å². The van der Waals surface area contributed by atoms with Crippen LogP contribution in [0.2, 0.25) is 0 Å². The summed E-state index contributed by atoms with van der Waals surface area (Å²) in [6.45, 7) is 2.21. The molecule has 0 amide bonds. The number of rotatable bonds is 4. The standard InChI is InChI=1S/C7H13BrO/c1-2-3-4-6-7(5-8)9-6/h6-7H,2-5H2,1H3/t6-,7+/m0/s1. The molecule has 0 unspecified atom stereocenters. The predicted molar refractivity (Wildman–Crippen MR) is 42.0 cm³/mol. The van der Waals surface area contributed by atoms with Gasteiger partial charge >= 0.3 is 0 Å². The quantitative estimate of drug-likeness (QED) is 0.493. The second-order valence-corrected chi connectivity index (χ2v) is 3.16.